The summed E-state index contributed by atoms with van der Waals surface area (Å²) in [5.41, 5.74) is 4.65. The predicted octanol–water partition coefficient (Wildman–Crippen LogP) is 2.89. The van der Waals surface area contributed by atoms with Crippen LogP contribution in [0.1, 0.15) is 35.5 Å². The number of nitrogens with one attached hydrogen (secondary N) is 2. The van der Waals surface area contributed by atoms with E-state index in [0.717, 1.165) is 23.7 Å². The molecule has 0 aliphatic rings. The van der Waals surface area contributed by atoms with Crippen molar-refractivity contribution in [2.24, 2.45) is 0 Å². The van der Waals surface area contributed by atoms with Gasteiger partial charge in [0.05, 0.1) is 12.8 Å². The first kappa shape index (κ1) is 13.6. The fraction of sp³-hybridized carbons (Fsp3) is 0.400. The van der Waals surface area contributed by atoms with Gasteiger partial charge in [0, 0.05) is 23.8 Å². The summed E-state index contributed by atoms with van der Waals surface area (Å²) < 4.78 is 5.25. The molecule has 2 aromatic rings. The molecular formula is C15H21N3O. The number of rotatable bonds is 5. The van der Waals surface area contributed by atoms with Crippen LogP contribution in [0.5, 0.6) is 5.75 Å². The van der Waals surface area contributed by atoms with Gasteiger partial charge in [0.25, 0.3) is 0 Å². The minimum absolute atomic E-state index is 0.267. The predicted molar refractivity (Wildman–Crippen MR) is 76.3 cm³/mol. The number of aromatic nitrogens is 2. The third-order valence-electron chi connectivity index (χ3n) is 3.46. The number of methoxy groups -OCH3 is 1. The molecule has 1 heterocycles. The summed E-state index contributed by atoms with van der Waals surface area (Å²) in [7, 11) is 1.69. The van der Waals surface area contributed by atoms with E-state index in [0.29, 0.717) is 0 Å². The third kappa shape index (κ3) is 3.15. The zero-order valence-electron chi connectivity index (χ0n) is 11.9. The molecule has 0 radical (unpaired) electrons. The summed E-state index contributed by atoms with van der Waals surface area (Å²) in [4.78, 5) is 0. The van der Waals surface area contributed by atoms with Gasteiger partial charge in [0.1, 0.15) is 5.75 Å². The van der Waals surface area contributed by atoms with Crippen LogP contribution in [0, 0.1) is 13.8 Å². The second-order valence-corrected chi connectivity index (χ2v) is 4.79. The van der Waals surface area contributed by atoms with Crippen LogP contribution in [0.4, 0.5) is 0 Å². The molecule has 0 amide bonds. The Morgan fingerprint density at radius 2 is 2.16 bits per heavy atom. The van der Waals surface area contributed by atoms with Crippen molar-refractivity contribution in [3.05, 3.63) is 46.8 Å². The van der Waals surface area contributed by atoms with E-state index in [2.05, 4.69) is 34.6 Å². The molecule has 1 aromatic heterocycles. The summed E-state index contributed by atoms with van der Waals surface area (Å²) in [5, 5.41) is 10.7. The van der Waals surface area contributed by atoms with Gasteiger partial charge in [-0.2, -0.15) is 5.10 Å². The summed E-state index contributed by atoms with van der Waals surface area (Å²) in [6.07, 6.45) is 0. The Hall–Kier alpha value is -1.81. The van der Waals surface area contributed by atoms with Crippen molar-refractivity contribution in [3.8, 4) is 5.75 Å². The third-order valence-corrected chi connectivity index (χ3v) is 3.46. The smallest absolute Gasteiger partial charge is 0.119 e. The summed E-state index contributed by atoms with van der Waals surface area (Å²) in [6, 6.07) is 8.41. The van der Waals surface area contributed by atoms with E-state index in [1.165, 1.54) is 11.1 Å². The van der Waals surface area contributed by atoms with Gasteiger partial charge in [-0.25, -0.2) is 0 Å². The van der Waals surface area contributed by atoms with Crippen LogP contribution in [-0.4, -0.2) is 17.3 Å². The van der Waals surface area contributed by atoms with Crippen LogP contribution in [0.15, 0.2) is 24.3 Å². The van der Waals surface area contributed by atoms with Gasteiger partial charge in [0.2, 0.25) is 0 Å². The number of aromatic amines is 1. The molecule has 102 valence electrons. The highest BCUT2D eigenvalue weighted by molar-refractivity contribution is 5.30. The average molecular weight is 259 g/mol. The Balaban J connectivity index is 2.03. The maximum atomic E-state index is 5.25. The fourth-order valence-corrected chi connectivity index (χ4v) is 2.12. The van der Waals surface area contributed by atoms with Crippen LogP contribution < -0.4 is 10.1 Å². The number of hydrogen-bond donors (Lipinski definition) is 2. The van der Waals surface area contributed by atoms with E-state index >= 15 is 0 Å². The lowest BCUT2D eigenvalue weighted by molar-refractivity contribution is 0.413. The van der Waals surface area contributed by atoms with Crippen molar-refractivity contribution in [3.63, 3.8) is 0 Å². The molecule has 0 unspecified atom stereocenters. The lowest BCUT2D eigenvalue weighted by Crippen LogP contribution is -2.18. The second kappa shape index (κ2) is 5.89. The van der Waals surface area contributed by atoms with Gasteiger partial charge in [-0.15, -0.1) is 0 Å². The van der Waals surface area contributed by atoms with Crippen LogP contribution in [0.2, 0.25) is 0 Å². The Morgan fingerprint density at radius 1 is 1.37 bits per heavy atom. The Bertz CT molecular complexity index is 529. The molecule has 2 N–H and O–H groups in total. The molecule has 0 aliphatic carbocycles. The highest BCUT2D eigenvalue weighted by atomic mass is 16.5. The normalized spacial score (nSPS) is 12.4. The van der Waals surface area contributed by atoms with E-state index in [-0.39, 0.29) is 6.04 Å². The van der Waals surface area contributed by atoms with Gasteiger partial charge in [0.15, 0.2) is 0 Å². The molecule has 0 spiro atoms. The minimum Gasteiger partial charge on any atom is -0.497 e. The van der Waals surface area contributed by atoms with Gasteiger partial charge in [-0.3, -0.25) is 5.10 Å². The number of benzene rings is 1. The maximum absolute atomic E-state index is 5.25. The van der Waals surface area contributed by atoms with Gasteiger partial charge in [-0.1, -0.05) is 12.1 Å². The quantitative estimate of drug-likeness (QED) is 0.868. The topological polar surface area (TPSA) is 49.9 Å². The summed E-state index contributed by atoms with van der Waals surface area (Å²) in [6.45, 7) is 7.04. The van der Waals surface area contributed by atoms with E-state index in [4.69, 9.17) is 4.74 Å². The van der Waals surface area contributed by atoms with E-state index < -0.39 is 0 Å². The number of ether oxygens (including phenoxy) is 1. The summed E-state index contributed by atoms with van der Waals surface area (Å²) in [5.74, 6) is 0.891. The first-order valence-electron chi connectivity index (χ1n) is 6.49. The highest BCUT2D eigenvalue weighted by Gasteiger charge is 2.10. The fourth-order valence-electron chi connectivity index (χ4n) is 2.12. The minimum atomic E-state index is 0.267. The standard InChI is InChI=1S/C15H21N3O/c1-10(13-6-5-7-14(8-13)19-4)16-9-15-11(2)17-18-12(15)3/h5-8,10,16H,9H2,1-4H3,(H,17,18)/t10-/m1/s1. The van der Waals surface area contributed by atoms with Crippen molar-refractivity contribution in [2.75, 3.05) is 7.11 Å². The van der Waals surface area contributed by atoms with Crippen LogP contribution in [0.25, 0.3) is 0 Å². The molecule has 0 saturated carbocycles. The SMILES string of the molecule is COc1cccc([C@@H](C)NCc2c(C)n[nH]c2C)c1. The molecule has 0 saturated heterocycles. The molecule has 4 nitrogen and oxygen atoms in total. The number of H-pyrrole nitrogens is 1. The maximum Gasteiger partial charge on any atom is 0.119 e. The summed E-state index contributed by atoms with van der Waals surface area (Å²) >= 11 is 0. The molecule has 1 aromatic carbocycles. The van der Waals surface area contributed by atoms with Crippen molar-refractivity contribution in [2.45, 2.75) is 33.4 Å². The van der Waals surface area contributed by atoms with Crippen molar-refractivity contribution >= 4 is 0 Å². The second-order valence-electron chi connectivity index (χ2n) is 4.79. The molecule has 0 bridgehead atoms. The van der Waals surface area contributed by atoms with E-state index in [1.807, 2.05) is 26.0 Å². The first-order chi connectivity index (χ1) is 9.11. The molecule has 2 rings (SSSR count). The van der Waals surface area contributed by atoms with Crippen LogP contribution in [0.3, 0.4) is 0 Å². The molecule has 1 atom stereocenters. The molecule has 4 heteroatoms. The lowest BCUT2D eigenvalue weighted by Gasteiger charge is -2.15. The average Bonchev–Trinajstić information content (AvgIpc) is 2.75. The number of nitrogens with zero attached hydrogens (tertiary/aromatic N) is 1. The van der Waals surface area contributed by atoms with Crippen molar-refractivity contribution in [1.29, 1.82) is 0 Å². The Kier molecular flexibility index (Phi) is 4.22. The van der Waals surface area contributed by atoms with Crippen molar-refractivity contribution in [1.82, 2.24) is 15.5 Å². The lowest BCUT2D eigenvalue weighted by atomic mass is 10.1. The molecule has 0 fully saturated rings. The first-order valence-corrected chi connectivity index (χ1v) is 6.49. The van der Waals surface area contributed by atoms with Crippen molar-refractivity contribution < 1.29 is 4.74 Å². The number of aryl methyl sites for hydroxylation is 2. The molecule has 19 heavy (non-hydrogen) atoms. The van der Waals surface area contributed by atoms with Crippen LogP contribution in [-0.2, 0) is 6.54 Å². The largest absolute Gasteiger partial charge is 0.497 e. The molecule has 0 aliphatic heterocycles. The zero-order chi connectivity index (χ0) is 13.8. The van der Waals surface area contributed by atoms with E-state index in [9.17, 15) is 0 Å². The Morgan fingerprint density at radius 3 is 2.79 bits per heavy atom. The zero-order valence-corrected chi connectivity index (χ0v) is 11.9. The van der Waals surface area contributed by atoms with Gasteiger partial charge in [-0.05, 0) is 38.5 Å². The number of hydrogen-bond acceptors (Lipinski definition) is 3. The monoisotopic (exact) mass is 259 g/mol. The van der Waals surface area contributed by atoms with Crippen LogP contribution >= 0.6 is 0 Å². The Labute approximate surface area is 114 Å². The van der Waals surface area contributed by atoms with E-state index in [1.54, 1.807) is 7.11 Å². The van der Waals surface area contributed by atoms with Gasteiger partial charge >= 0.3 is 0 Å². The van der Waals surface area contributed by atoms with Gasteiger partial charge < -0.3 is 10.1 Å². The molecular weight excluding hydrogens is 238 g/mol. The highest BCUT2D eigenvalue weighted by Crippen LogP contribution is 2.19.